The van der Waals surface area contributed by atoms with Crippen molar-refractivity contribution in [2.75, 3.05) is 0 Å². The summed E-state index contributed by atoms with van der Waals surface area (Å²) in [6.45, 7) is 4.25. The van der Waals surface area contributed by atoms with E-state index >= 15 is 0 Å². The lowest BCUT2D eigenvalue weighted by Crippen LogP contribution is -2.22. The fourth-order valence-corrected chi connectivity index (χ4v) is 3.24. The molecular formula is C23H20FN3O2. The highest BCUT2D eigenvalue weighted by atomic mass is 19.1. The van der Waals surface area contributed by atoms with E-state index in [9.17, 15) is 9.18 Å². The summed E-state index contributed by atoms with van der Waals surface area (Å²) in [5.41, 5.74) is 4.48. The number of amides is 1. The maximum Gasteiger partial charge on any atom is 0.287 e. The van der Waals surface area contributed by atoms with E-state index in [0.29, 0.717) is 17.9 Å². The van der Waals surface area contributed by atoms with Gasteiger partial charge in [-0.25, -0.2) is 9.07 Å². The minimum Gasteiger partial charge on any atom is -0.451 e. The zero-order valence-corrected chi connectivity index (χ0v) is 16.1. The van der Waals surface area contributed by atoms with Crippen LogP contribution in [0.4, 0.5) is 4.39 Å². The number of carbonyl (C=O) groups excluding carboxylic acids is 1. The van der Waals surface area contributed by atoms with Gasteiger partial charge in [-0.05, 0) is 62.4 Å². The first-order chi connectivity index (χ1) is 14.0. The Morgan fingerprint density at radius 2 is 1.76 bits per heavy atom. The molecule has 0 aliphatic carbocycles. The molecule has 2 aromatic carbocycles. The van der Waals surface area contributed by atoms with E-state index < -0.39 is 0 Å². The van der Waals surface area contributed by atoms with Crippen molar-refractivity contribution >= 4 is 5.91 Å². The Morgan fingerprint density at radius 1 is 1.03 bits per heavy atom. The lowest BCUT2D eigenvalue weighted by atomic mass is 10.2. The molecule has 0 atom stereocenters. The van der Waals surface area contributed by atoms with Crippen LogP contribution in [0, 0.1) is 19.7 Å². The summed E-state index contributed by atoms with van der Waals surface area (Å²) >= 11 is 0. The topological polar surface area (TPSA) is 60.1 Å². The van der Waals surface area contributed by atoms with Crippen LogP contribution in [-0.4, -0.2) is 15.7 Å². The van der Waals surface area contributed by atoms with Gasteiger partial charge < -0.3 is 9.73 Å². The van der Waals surface area contributed by atoms with Gasteiger partial charge in [0.2, 0.25) is 0 Å². The average molecular weight is 389 g/mol. The number of aromatic nitrogens is 2. The van der Waals surface area contributed by atoms with Crippen LogP contribution in [0.1, 0.15) is 27.5 Å². The Morgan fingerprint density at radius 3 is 2.48 bits per heavy atom. The number of nitrogens with zero attached hydrogens (tertiary/aromatic N) is 2. The Hall–Kier alpha value is -3.67. The van der Waals surface area contributed by atoms with Gasteiger partial charge >= 0.3 is 0 Å². The normalized spacial score (nSPS) is 10.9. The van der Waals surface area contributed by atoms with E-state index in [1.54, 1.807) is 24.3 Å². The second kappa shape index (κ2) is 7.75. The van der Waals surface area contributed by atoms with Gasteiger partial charge in [-0.1, -0.05) is 18.2 Å². The zero-order chi connectivity index (χ0) is 20.4. The second-order valence-electron chi connectivity index (χ2n) is 6.75. The van der Waals surface area contributed by atoms with Crippen molar-refractivity contribution in [2.45, 2.75) is 20.4 Å². The highest BCUT2D eigenvalue weighted by Gasteiger charge is 2.16. The smallest absolute Gasteiger partial charge is 0.287 e. The van der Waals surface area contributed by atoms with Crippen LogP contribution < -0.4 is 5.32 Å². The minimum absolute atomic E-state index is 0.204. The number of halogens is 1. The molecule has 2 heterocycles. The lowest BCUT2D eigenvalue weighted by molar-refractivity contribution is 0.0924. The van der Waals surface area contributed by atoms with E-state index in [0.717, 1.165) is 22.6 Å². The van der Waals surface area contributed by atoms with Crippen molar-refractivity contribution in [2.24, 2.45) is 0 Å². The first kappa shape index (κ1) is 18.7. The Kier molecular flexibility index (Phi) is 4.99. The summed E-state index contributed by atoms with van der Waals surface area (Å²) in [6.07, 6.45) is 0. The summed E-state index contributed by atoms with van der Waals surface area (Å²) in [4.78, 5) is 12.5. The highest BCUT2D eigenvalue weighted by Crippen LogP contribution is 2.23. The highest BCUT2D eigenvalue weighted by molar-refractivity contribution is 5.92. The predicted octanol–water partition coefficient (Wildman–Crippen LogP) is 4.82. The van der Waals surface area contributed by atoms with Crippen molar-refractivity contribution in [1.82, 2.24) is 15.1 Å². The van der Waals surface area contributed by atoms with E-state index in [1.807, 2.05) is 48.9 Å². The summed E-state index contributed by atoms with van der Waals surface area (Å²) in [7, 11) is 0. The molecule has 4 aromatic rings. The van der Waals surface area contributed by atoms with Crippen molar-refractivity contribution in [1.29, 1.82) is 0 Å². The van der Waals surface area contributed by atoms with Crippen LogP contribution in [0.3, 0.4) is 0 Å². The van der Waals surface area contributed by atoms with Crippen molar-refractivity contribution in [3.8, 4) is 17.0 Å². The van der Waals surface area contributed by atoms with Gasteiger partial charge in [-0.3, -0.25) is 4.79 Å². The van der Waals surface area contributed by atoms with Crippen LogP contribution in [0.25, 0.3) is 17.0 Å². The van der Waals surface area contributed by atoms with E-state index in [4.69, 9.17) is 4.42 Å². The molecule has 0 unspecified atom stereocenters. The molecule has 0 fully saturated rings. The zero-order valence-electron chi connectivity index (χ0n) is 16.1. The Labute approximate surface area is 167 Å². The second-order valence-corrected chi connectivity index (χ2v) is 6.75. The maximum atomic E-state index is 13.1. The van der Waals surface area contributed by atoms with E-state index in [2.05, 4.69) is 10.4 Å². The van der Waals surface area contributed by atoms with Crippen LogP contribution in [-0.2, 0) is 6.54 Å². The number of benzene rings is 2. The van der Waals surface area contributed by atoms with Crippen molar-refractivity contribution in [3.05, 3.63) is 95.3 Å². The summed E-state index contributed by atoms with van der Waals surface area (Å²) < 4.78 is 20.6. The molecule has 2 aromatic heterocycles. The molecule has 0 radical (unpaired) electrons. The number of rotatable bonds is 5. The SMILES string of the molecule is Cc1nn(-c2ccccc2)c(C)c1CNC(=O)c1ccc(-c2ccc(F)cc2)o1. The fourth-order valence-electron chi connectivity index (χ4n) is 3.24. The molecule has 0 saturated heterocycles. The standard InChI is InChI=1S/C23H20FN3O2/c1-15-20(16(2)27(26-15)19-6-4-3-5-7-19)14-25-23(28)22-13-12-21(29-22)17-8-10-18(24)11-9-17/h3-13H,14H2,1-2H3,(H,25,28). The summed E-state index contributed by atoms with van der Waals surface area (Å²) in [5.74, 6) is 0.0826. The Balaban J connectivity index is 1.48. The number of hydrogen-bond donors (Lipinski definition) is 1. The molecule has 1 amide bonds. The molecule has 0 bridgehead atoms. The number of nitrogens with one attached hydrogen (secondary N) is 1. The van der Waals surface area contributed by atoms with Gasteiger partial charge in [0, 0.05) is 23.4 Å². The number of aryl methyl sites for hydroxylation is 1. The largest absolute Gasteiger partial charge is 0.451 e. The molecule has 146 valence electrons. The molecule has 5 nitrogen and oxygen atoms in total. The van der Waals surface area contributed by atoms with Gasteiger partial charge in [0.15, 0.2) is 5.76 Å². The summed E-state index contributed by atoms with van der Waals surface area (Å²) in [5, 5.41) is 7.48. The maximum absolute atomic E-state index is 13.1. The number of hydrogen-bond acceptors (Lipinski definition) is 3. The molecular weight excluding hydrogens is 369 g/mol. The van der Waals surface area contributed by atoms with Gasteiger partial charge in [0.1, 0.15) is 11.6 Å². The molecule has 1 N–H and O–H groups in total. The number of para-hydroxylation sites is 1. The van der Waals surface area contributed by atoms with Gasteiger partial charge in [-0.2, -0.15) is 5.10 Å². The van der Waals surface area contributed by atoms with E-state index in [-0.39, 0.29) is 17.5 Å². The van der Waals surface area contributed by atoms with Crippen molar-refractivity contribution in [3.63, 3.8) is 0 Å². The first-order valence-corrected chi connectivity index (χ1v) is 9.27. The third kappa shape index (κ3) is 3.82. The monoisotopic (exact) mass is 389 g/mol. The van der Waals surface area contributed by atoms with E-state index in [1.165, 1.54) is 12.1 Å². The van der Waals surface area contributed by atoms with Crippen LogP contribution in [0.2, 0.25) is 0 Å². The quantitative estimate of drug-likeness (QED) is 0.532. The lowest BCUT2D eigenvalue weighted by Gasteiger charge is -2.06. The first-order valence-electron chi connectivity index (χ1n) is 9.27. The van der Waals surface area contributed by atoms with Crippen molar-refractivity contribution < 1.29 is 13.6 Å². The van der Waals surface area contributed by atoms with Crippen LogP contribution >= 0.6 is 0 Å². The molecule has 0 spiro atoms. The van der Waals surface area contributed by atoms with Gasteiger partial charge in [0.25, 0.3) is 5.91 Å². The molecule has 0 aliphatic rings. The molecule has 0 saturated carbocycles. The fraction of sp³-hybridized carbons (Fsp3) is 0.130. The van der Waals surface area contributed by atoms with Gasteiger partial charge in [-0.15, -0.1) is 0 Å². The molecule has 0 aliphatic heterocycles. The third-order valence-corrected chi connectivity index (χ3v) is 4.83. The Bertz CT molecular complexity index is 1140. The minimum atomic E-state index is -0.319. The number of carbonyl (C=O) groups is 1. The number of furan rings is 1. The molecule has 4 rings (SSSR count). The molecule has 6 heteroatoms. The van der Waals surface area contributed by atoms with Crippen LogP contribution in [0.15, 0.2) is 71.1 Å². The average Bonchev–Trinajstić information content (AvgIpc) is 3.33. The van der Waals surface area contributed by atoms with Crippen LogP contribution in [0.5, 0.6) is 0 Å². The third-order valence-electron chi connectivity index (χ3n) is 4.83. The van der Waals surface area contributed by atoms with Gasteiger partial charge in [0.05, 0.1) is 11.4 Å². The predicted molar refractivity (Wildman–Crippen MR) is 108 cm³/mol. The summed E-state index contributed by atoms with van der Waals surface area (Å²) in [6, 6.07) is 19.1. The molecule has 29 heavy (non-hydrogen) atoms.